The lowest BCUT2D eigenvalue weighted by Crippen LogP contribution is -1.94. The molecule has 0 aliphatic heterocycles. The van der Waals surface area contributed by atoms with Crippen LogP contribution in [0.1, 0.15) is 27.9 Å². The number of ketones is 1. The Labute approximate surface area is 77.5 Å². The molecule has 0 fully saturated rings. The first-order chi connectivity index (χ1) is 6.22. The van der Waals surface area contributed by atoms with Crippen molar-refractivity contribution in [3.05, 3.63) is 28.8 Å². The third kappa shape index (κ3) is 1.22. The van der Waals surface area contributed by atoms with E-state index in [0.29, 0.717) is 6.42 Å². The number of carbonyl (C=O) groups excluding carboxylic acids is 1. The van der Waals surface area contributed by atoms with Gasteiger partial charge in [0.25, 0.3) is 0 Å². The number of rotatable bonds is 1. The molecule has 1 aliphatic rings. The van der Waals surface area contributed by atoms with E-state index in [0.717, 1.165) is 23.3 Å². The van der Waals surface area contributed by atoms with Gasteiger partial charge in [-0.1, -0.05) is 6.07 Å². The van der Waals surface area contributed by atoms with Crippen LogP contribution in [0.2, 0.25) is 0 Å². The lowest BCUT2D eigenvalue weighted by atomic mass is 10.1. The van der Waals surface area contributed by atoms with Crippen molar-refractivity contribution in [2.45, 2.75) is 19.8 Å². The molecule has 0 saturated heterocycles. The van der Waals surface area contributed by atoms with E-state index in [9.17, 15) is 4.79 Å². The predicted molar refractivity (Wildman–Crippen MR) is 50.4 cm³/mol. The Morgan fingerprint density at radius 2 is 2.08 bits per heavy atom. The van der Waals surface area contributed by atoms with Gasteiger partial charge in [0, 0.05) is 12.0 Å². The smallest absolute Gasteiger partial charge is 0.163 e. The first-order valence-corrected chi connectivity index (χ1v) is 4.43. The maximum absolute atomic E-state index is 11.4. The number of hydrogen-bond acceptors (Lipinski definition) is 2. The SMILES string of the molecule is COc1cc2c(cc1C)CCC2=O. The van der Waals surface area contributed by atoms with Crippen molar-refractivity contribution in [3.8, 4) is 5.75 Å². The van der Waals surface area contributed by atoms with Gasteiger partial charge in [-0.25, -0.2) is 0 Å². The summed E-state index contributed by atoms with van der Waals surface area (Å²) >= 11 is 0. The second-order valence-corrected chi connectivity index (χ2v) is 3.40. The molecule has 0 aromatic heterocycles. The summed E-state index contributed by atoms with van der Waals surface area (Å²) in [4.78, 5) is 11.4. The molecule has 2 heteroatoms. The number of fused-ring (bicyclic) bond motifs is 1. The highest BCUT2D eigenvalue weighted by atomic mass is 16.5. The third-order valence-electron chi connectivity index (χ3n) is 2.54. The predicted octanol–water partition coefficient (Wildman–Crippen LogP) is 2.13. The van der Waals surface area contributed by atoms with Crippen LogP contribution in [0, 0.1) is 6.92 Å². The van der Waals surface area contributed by atoms with Gasteiger partial charge in [-0.05, 0) is 30.5 Å². The third-order valence-corrected chi connectivity index (χ3v) is 2.54. The molecule has 0 spiro atoms. The molecule has 2 nitrogen and oxygen atoms in total. The van der Waals surface area contributed by atoms with E-state index in [2.05, 4.69) is 6.07 Å². The Morgan fingerprint density at radius 3 is 2.77 bits per heavy atom. The van der Waals surface area contributed by atoms with Crippen LogP contribution in [0.15, 0.2) is 12.1 Å². The molecular weight excluding hydrogens is 164 g/mol. The zero-order chi connectivity index (χ0) is 9.42. The summed E-state index contributed by atoms with van der Waals surface area (Å²) in [6, 6.07) is 3.92. The average Bonchev–Trinajstić information content (AvgIpc) is 2.46. The zero-order valence-corrected chi connectivity index (χ0v) is 7.89. The van der Waals surface area contributed by atoms with Crippen molar-refractivity contribution in [1.82, 2.24) is 0 Å². The van der Waals surface area contributed by atoms with E-state index in [4.69, 9.17) is 4.74 Å². The van der Waals surface area contributed by atoms with E-state index in [1.165, 1.54) is 5.56 Å². The van der Waals surface area contributed by atoms with Crippen molar-refractivity contribution in [3.63, 3.8) is 0 Å². The van der Waals surface area contributed by atoms with Gasteiger partial charge in [-0.2, -0.15) is 0 Å². The van der Waals surface area contributed by atoms with Gasteiger partial charge >= 0.3 is 0 Å². The van der Waals surface area contributed by atoms with Crippen LogP contribution in [-0.4, -0.2) is 12.9 Å². The van der Waals surface area contributed by atoms with E-state index >= 15 is 0 Å². The molecule has 0 amide bonds. The summed E-state index contributed by atoms with van der Waals surface area (Å²) in [5.74, 6) is 1.06. The van der Waals surface area contributed by atoms with Crippen molar-refractivity contribution in [2.24, 2.45) is 0 Å². The van der Waals surface area contributed by atoms with Gasteiger partial charge in [0.15, 0.2) is 5.78 Å². The second-order valence-electron chi connectivity index (χ2n) is 3.40. The Hall–Kier alpha value is -1.31. The quantitative estimate of drug-likeness (QED) is 0.655. The van der Waals surface area contributed by atoms with E-state index < -0.39 is 0 Å². The normalized spacial score (nSPS) is 14.5. The summed E-state index contributed by atoms with van der Waals surface area (Å²) in [6.07, 6.45) is 1.54. The lowest BCUT2D eigenvalue weighted by molar-refractivity contribution is 0.0994. The molecule has 0 unspecified atom stereocenters. The second kappa shape index (κ2) is 2.87. The largest absolute Gasteiger partial charge is 0.496 e. The lowest BCUT2D eigenvalue weighted by Gasteiger charge is -2.06. The molecule has 1 aromatic carbocycles. The van der Waals surface area contributed by atoms with Crippen LogP contribution in [0.3, 0.4) is 0 Å². The van der Waals surface area contributed by atoms with Crippen molar-refractivity contribution >= 4 is 5.78 Å². The van der Waals surface area contributed by atoms with Gasteiger partial charge in [0.05, 0.1) is 7.11 Å². The fourth-order valence-corrected chi connectivity index (χ4v) is 1.82. The van der Waals surface area contributed by atoms with Crippen molar-refractivity contribution in [1.29, 1.82) is 0 Å². The Morgan fingerprint density at radius 1 is 1.31 bits per heavy atom. The molecule has 1 aromatic rings. The van der Waals surface area contributed by atoms with E-state index in [1.54, 1.807) is 7.11 Å². The highest BCUT2D eigenvalue weighted by Gasteiger charge is 2.20. The number of benzene rings is 1. The molecule has 0 saturated carbocycles. The maximum atomic E-state index is 11.4. The molecule has 13 heavy (non-hydrogen) atoms. The van der Waals surface area contributed by atoms with Crippen molar-refractivity contribution < 1.29 is 9.53 Å². The first kappa shape index (κ1) is 8.30. The van der Waals surface area contributed by atoms with Crippen molar-refractivity contribution in [2.75, 3.05) is 7.11 Å². The molecule has 0 atom stereocenters. The number of Topliss-reactive ketones (excluding diaryl/α,β-unsaturated/α-hetero) is 1. The van der Waals surface area contributed by atoms with Gasteiger partial charge in [-0.15, -0.1) is 0 Å². The molecule has 2 rings (SSSR count). The highest BCUT2D eigenvalue weighted by Crippen LogP contribution is 2.29. The molecule has 0 heterocycles. The molecule has 68 valence electrons. The molecule has 0 bridgehead atoms. The Balaban J connectivity index is 2.57. The number of aryl methyl sites for hydroxylation is 2. The van der Waals surface area contributed by atoms with Crippen LogP contribution in [0.25, 0.3) is 0 Å². The number of hydrogen-bond donors (Lipinski definition) is 0. The average molecular weight is 176 g/mol. The molecule has 1 aliphatic carbocycles. The van der Waals surface area contributed by atoms with Gasteiger partial charge in [0.1, 0.15) is 5.75 Å². The van der Waals surface area contributed by atoms with Gasteiger partial charge in [0.2, 0.25) is 0 Å². The summed E-state index contributed by atoms with van der Waals surface area (Å²) < 4.78 is 5.17. The summed E-state index contributed by atoms with van der Waals surface area (Å²) in [5.41, 5.74) is 3.13. The van der Waals surface area contributed by atoms with Crippen LogP contribution >= 0.6 is 0 Å². The highest BCUT2D eigenvalue weighted by molar-refractivity contribution is 6.00. The van der Waals surface area contributed by atoms with Crippen LogP contribution in [-0.2, 0) is 6.42 Å². The standard InChI is InChI=1S/C11H12O2/c1-7-5-8-3-4-10(12)9(8)6-11(7)13-2/h5-6H,3-4H2,1-2H3. The number of ether oxygens (including phenoxy) is 1. The monoisotopic (exact) mass is 176 g/mol. The van der Waals surface area contributed by atoms with Gasteiger partial charge in [-0.3, -0.25) is 4.79 Å². The van der Waals surface area contributed by atoms with Crippen LogP contribution in [0.5, 0.6) is 5.75 Å². The van der Waals surface area contributed by atoms with Gasteiger partial charge < -0.3 is 4.74 Å². The minimum atomic E-state index is 0.244. The minimum Gasteiger partial charge on any atom is -0.496 e. The molecule has 0 radical (unpaired) electrons. The maximum Gasteiger partial charge on any atom is 0.163 e. The van der Waals surface area contributed by atoms with Crippen LogP contribution in [0.4, 0.5) is 0 Å². The minimum absolute atomic E-state index is 0.244. The van der Waals surface area contributed by atoms with E-state index in [-0.39, 0.29) is 5.78 Å². The fourth-order valence-electron chi connectivity index (χ4n) is 1.82. The number of carbonyl (C=O) groups is 1. The summed E-state index contributed by atoms with van der Waals surface area (Å²) in [5, 5.41) is 0. The topological polar surface area (TPSA) is 26.3 Å². The Kier molecular flexibility index (Phi) is 1.83. The molecular formula is C11H12O2. The fraction of sp³-hybridized carbons (Fsp3) is 0.364. The Bertz CT molecular complexity index is 367. The van der Waals surface area contributed by atoms with Crippen LogP contribution < -0.4 is 4.74 Å². The summed E-state index contributed by atoms with van der Waals surface area (Å²) in [7, 11) is 1.63. The molecule has 0 N–H and O–H groups in total. The summed E-state index contributed by atoms with van der Waals surface area (Å²) in [6.45, 7) is 2.00. The van der Waals surface area contributed by atoms with E-state index in [1.807, 2.05) is 13.0 Å². The number of methoxy groups -OCH3 is 1. The zero-order valence-electron chi connectivity index (χ0n) is 7.89. The first-order valence-electron chi connectivity index (χ1n) is 4.43.